The molecule has 40 heavy (non-hydrogen) atoms. The summed E-state index contributed by atoms with van der Waals surface area (Å²) in [6.07, 6.45) is 0. The molecule has 4 nitrogen and oxygen atoms in total. The fourth-order valence-electron chi connectivity index (χ4n) is 2.95. The fourth-order valence-corrected chi connectivity index (χ4v) is 5.07. The van der Waals surface area contributed by atoms with E-state index in [-0.39, 0.29) is 0 Å². The van der Waals surface area contributed by atoms with Crippen LogP contribution >= 0.6 is 31.9 Å². The van der Waals surface area contributed by atoms with Crippen molar-refractivity contribution in [3.63, 3.8) is 0 Å². The second kappa shape index (κ2) is 12.4. The van der Waals surface area contributed by atoms with Crippen LogP contribution in [0, 0.1) is 33.8 Å². The van der Waals surface area contributed by atoms with Gasteiger partial charge in [0.2, 0.25) is 0 Å². The van der Waals surface area contributed by atoms with E-state index in [0.717, 1.165) is 11.1 Å². The maximum absolute atomic E-state index is 13.1. The van der Waals surface area contributed by atoms with Crippen molar-refractivity contribution in [3.8, 4) is 45.6 Å². The molecule has 2 aromatic carbocycles. The zero-order valence-corrected chi connectivity index (χ0v) is 30.9. The average Bonchev–Trinajstić information content (AvgIpc) is 2.76. The van der Waals surface area contributed by atoms with Gasteiger partial charge in [0.25, 0.3) is 0 Å². The Kier molecular flexibility index (Phi) is 10.6. The number of carbonyl (C=O) groups is 2. The van der Waals surface area contributed by atoms with Crippen molar-refractivity contribution in [1.29, 1.82) is 0 Å². The van der Waals surface area contributed by atoms with Crippen molar-refractivity contribution in [3.05, 3.63) is 44.3 Å². The Bertz CT molecular complexity index is 1330. The maximum Gasteiger partial charge on any atom is 0.316 e. The Morgan fingerprint density at radius 3 is 1.18 bits per heavy atom. The first-order valence-electron chi connectivity index (χ1n) is 13.2. The Morgan fingerprint density at radius 2 is 0.925 bits per heavy atom. The molecule has 0 heterocycles. The van der Waals surface area contributed by atoms with Crippen molar-refractivity contribution >= 4 is 59.9 Å². The summed E-state index contributed by atoms with van der Waals surface area (Å²) >= 11 is 7.27. The lowest BCUT2D eigenvalue weighted by atomic mass is 9.96. The smallest absolute Gasteiger partial charge is 0.316 e. The summed E-state index contributed by atoms with van der Waals surface area (Å²) in [5.41, 5.74) is 7.98. The second-order valence-electron chi connectivity index (χ2n) is 13.9. The first-order valence-corrected chi connectivity index (χ1v) is 21.7. The number of benzene rings is 2. The lowest BCUT2D eigenvalue weighted by Crippen LogP contribution is -2.26. The van der Waals surface area contributed by atoms with Gasteiger partial charge in [-0.05, 0) is 97.7 Å². The summed E-state index contributed by atoms with van der Waals surface area (Å²) in [6, 6.07) is 7.48. The number of halogens is 2. The van der Waals surface area contributed by atoms with E-state index in [0.29, 0.717) is 31.6 Å². The molecule has 0 radical (unpaired) electrons. The highest BCUT2D eigenvalue weighted by molar-refractivity contribution is 9.11. The van der Waals surface area contributed by atoms with Crippen LogP contribution in [0.3, 0.4) is 0 Å². The molecule has 0 aromatic heterocycles. The van der Waals surface area contributed by atoms with Crippen LogP contribution in [0.4, 0.5) is 0 Å². The molecule has 0 aliphatic carbocycles. The Balaban J connectivity index is 3.01. The standard InChI is InChI=1S/C32H40Br2O4Si2/c1-31(2,3)29(35)37-27-23(17-21(19-25(27)33)13-15-39(7,8)9)24-18-22(14-16-40(10,11)12)20-26(34)28(24)38-30(36)32(4,5)6/h17-20H,1-12H3. The zero-order chi connectivity index (χ0) is 30.8. The monoisotopic (exact) mass is 702 g/mol. The molecule has 0 fully saturated rings. The predicted octanol–water partition coefficient (Wildman–Crippen LogP) is 9.24. The Labute approximate surface area is 259 Å². The number of rotatable bonds is 3. The van der Waals surface area contributed by atoms with Crippen LogP contribution in [-0.4, -0.2) is 28.1 Å². The molecule has 2 rings (SSSR count). The summed E-state index contributed by atoms with van der Waals surface area (Å²) in [4.78, 5) is 26.1. The van der Waals surface area contributed by atoms with Crippen LogP contribution in [0.15, 0.2) is 33.2 Å². The summed E-state index contributed by atoms with van der Waals surface area (Å²) in [5.74, 6) is 6.48. The molecular formula is C32H40Br2O4Si2. The number of hydrogen-bond donors (Lipinski definition) is 0. The van der Waals surface area contributed by atoms with Crippen molar-refractivity contribution in [2.45, 2.75) is 80.8 Å². The molecular weight excluding hydrogens is 664 g/mol. The van der Waals surface area contributed by atoms with Crippen LogP contribution in [-0.2, 0) is 9.59 Å². The van der Waals surface area contributed by atoms with Gasteiger partial charge in [-0.3, -0.25) is 9.59 Å². The third kappa shape index (κ3) is 10.1. The molecule has 0 aliphatic rings. The van der Waals surface area contributed by atoms with Crippen LogP contribution < -0.4 is 9.47 Å². The van der Waals surface area contributed by atoms with Gasteiger partial charge in [-0.25, -0.2) is 0 Å². The number of carbonyl (C=O) groups excluding carboxylic acids is 2. The first kappa shape index (κ1) is 34.1. The molecule has 0 spiro atoms. The molecule has 8 heteroatoms. The van der Waals surface area contributed by atoms with Gasteiger partial charge >= 0.3 is 11.9 Å². The minimum absolute atomic E-state index is 0.328. The summed E-state index contributed by atoms with van der Waals surface area (Å²) < 4.78 is 13.2. The molecule has 0 N–H and O–H groups in total. The molecule has 0 saturated carbocycles. The first-order chi connectivity index (χ1) is 18.0. The highest BCUT2D eigenvalue weighted by Crippen LogP contribution is 2.46. The highest BCUT2D eigenvalue weighted by Gasteiger charge is 2.30. The van der Waals surface area contributed by atoms with E-state index in [1.165, 1.54) is 0 Å². The lowest BCUT2D eigenvalue weighted by molar-refractivity contribution is -0.143. The maximum atomic E-state index is 13.1. The quantitative estimate of drug-likeness (QED) is 0.138. The summed E-state index contributed by atoms with van der Waals surface area (Å²) in [5, 5.41) is 0. The Hall–Kier alpha value is -2.11. The van der Waals surface area contributed by atoms with Crippen LogP contribution in [0.25, 0.3) is 11.1 Å². The molecule has 0 atom stereocenters. The van der Waals surface area contributed by atoms with E-state index in [9.17, 15) is 9.59 Å². The minimum Gasteiger partial charge on any atom is -0.424 e. The molecule has 2 aromatic rings. The molecule has 0 saturated heterocycles. The lowest BCUT2D eigenvalue weighted by Gasteiger charge is -2.22. The summed E-state index contributed by atoms with van der Waals surface area (Å²) in [6.45, 7) is 23.9. The molecule has 0 aliphatic heterocycles. The average molecular weight is 705 g/mol. The van der Waals surface area contributed by atoms with Crippen molar-refractivity contribution in [2.75, 3.05) is 0 Å². The molecule has 214 valence electrons. The third-order valence-electron chi connectivity index (χ3n) is 5.16. The van der Waals surface area contributed by atoms with E-state index in [2.05, 4.69) is 94.1 Å². The topological polar surface area (TPSA) is 52.6 Å². The van der Waals surface area contributed by atoms with Gasteiger partial charge in [0, 0.05) is 22.3 Å². The largest absolute Gasteiger partial charge is 0.424 e. The van der Waals surface area contributed by atoms with Gasteiger partial charge in [0.1, 0.15) is 16.1 Å². The third-order valence-corrected chi connectivity index (χ3v) is 8.08. The number of ether oxygens (including phenoxy) is 2. The number of hydrogen-bond acceptors (Lipinski definition) is 4. The number of esters is 2. The van der Waals surface area contributed by atoms with Gasteiger partial charge in [-0.2, -0.15) is 0 Å². The summed E-state index contributed by atoms with van der Waals surface area (Å²) in [7, 11) is -3.34. The van der Waals surface area contributed by atoms with Gasteiger partial charge in [0.05, 0.1) is 19.8 Å². The van der Waals surface area contributed by atoms with Crippen molar-refractivity contribution in [2.24, 2.45) is 10.8 Å². The SMILES string of the molecule is CC(C)(C)C(=O)Oc1c(Br)cc(C#C[Si](C)(C)C)cc1-c1cc(C#C[Si](C)(C)C)cc(Br)c1OC(=O)C(C)(C)C. The zero-order valence-electron chi connectivity index (χ0n) is 25.7. The van der Waals surface area contributed by atoms with Gasteiger partial charge in [-0.1, -0.05) is 51.1 Å². The molecule has 0 bridgehead atoms. The predicted molar refractivity (Wildman–Crippen MR) is 178 cm³/mol. The normalized spacial score (nSPS) is 12.1. The van der Waals surface area contributed by atoms with Crippen LogP contribution in [0.5, 0.6) is 11.5 Å². The van der Waals surface area contributed by atoms with Crippen LogP contribution in [0.1, 0.15) is 52.7 Å². The second-order valence-corrected chi connectivity index (χ2v) is 25.2. The molecule has 0 amide bonds. The van der Waals surface area contributed by atoms with Crippen LogP contribution in [0.2, 0.25) is 39.3 Å². The van der Waals surface area contributed by atoms with Crippen molar-refractivity contribution in [1.82, 2.24) is 0 Å². The van der Waals surface area contributed by atoms with E-state index in [1.54, 1.807) is 41.5 Å². The minimum atomic E-state index is -1.67. The van der Waals surface area contributed by atoms with E-state index < -0.39 is 38.9 Å². The van der Waals surface area contributed by atoms with E-state index in [1.807, 2.05) is 24.3 Å². The van der Waals surface area contributed by atoms with Gasteiger partial charge in [-0.15, -0.1) is 11.1 Å². The van der Waals surface area contributed by atoms with E-state index in [4.69, 9.17) is 9.47 Å². The van der Waals surface area contributed by atoms with Gasteiger partial charge < -0.3 is 9.47 Å². The van der Waals surface area contributed by atoms with Crippen molar-refractivity contribution < 1.29 is 19.1 Å². The fraction of sp³-hybridized carbons (Fsp3) is 0.438. The van der Waals surface area contributed by atoms with Gasteiger partial charge in [0.15, 0.2) is 11.5 Å². The highest BCUT2D eigenvalue weighted by atomic mass is 79.9. The Morgan fingerprint density at radius 1 is 0.625 bits per heavy atom. The molecule has 0 unspecified atom stereocenters. The van der Waals surface area contributed by atoms with E-state index >= 15 is 0 Å².